The van der Waals surface area contributed by atoms with E-state index in [4.69, 9.17) is 4.74 Å². The van der Waals surface area contributed by atoms with Gasteiger partial charge in [0.25, 0.3) is 0 Å². The van der Waals surface area contributed by atoms with E-state index in [1.54, 1.807) is 0 Å². The van der Waals surface area contributed by atoms with Crippen molar-refractivity contribution in [2.45, 2.75) is 38.1 Å². The number of hydrogen-bond donors (Lipinski definition) is 2. The van der Waals surface area contributed by atoms with Gasteiger partial charge in [0.1, 0.15) is 6.04 Å². The van der Waals surface area contributed by atoms with Gasteiger partial charge in [-0.15, -0.1) is 24.8 Å². The number of ether oxygens (including phenoxy) is 1. The van der Waals surface area contributed by atoms with Crippen molar-refractivity contribution in [3.63, 3.8) is 0 Å². The van der Waals surface area contributed by atoms with Crippen molar-refractivity contribution in [1.29, 1.82) is 0 Å². The van der Waals surface area contributed by atoms with Crippen LogP contribution >= 0.6 is 24.8 Å². The monoisotopic (exact) mass is 431 g/mol. The molecule has 2 aliphatic heterocycles. The summed E-state index contributed by atoms with van der Waals surface area (Å²) in [7, 11) is 0. The highest BCUT2D eigenvalue weighted by Gasteiger charge is 2.21. The quantitative estimate of drug-likeness (QED) is 0.621. The second kappa shape index (κ2) is 14.2. The molecule has 2 saturated heterocycles. The highest BCUT2D eigenvalue weighted by Crippen LogP contribution is 2.21. The van der Waals surface area contributed by atoms with E-state index in [0.717, 1.165) is 38.4 Å². The average molecular weight is 432 g/mol. The van der Waals surface area contributed by atoms with Crippen LogP contribution in [0.15, 0.2) is 30.3 Å². The number of rotatable bonds is 8. The number of carbonyl (C=O) groups is 1. The summed E-state index contributed by atoms with van der Waals surface area (Å²) in [5.74, 6) is 0.907. The third-order valence-corrected chi connectivity index (χ3v) is 5.51. The number of halogens is 2. The number of nitrogens with zero attached hydrogens (tertiary/aromatic N) is 1. The molecule has 1 amide bonds. The predicted octanol–water partition coefficient (Wildman–Crippen LogP) is 2.67. The summed E-state index contributed by atoms with van der Waals surface area (Å²) in [6.45, 7) is 6.30. The fourth-order valence-electron chi connectivity index (χ4n) is 3.89. The lowest BCUT2D eigenvalue weighted by Crippen LogP contribution is -2.51. The molecule has 3 rings (SSSR count). The van der Waals surface area contributed by atoms with Crippen molar-refractivity contribution in [3.8, 4) is 0 Å². The molecule has 0 saturated carbocycles. The molecular weight excluding hydrogens is 397 g/mol. The molecule has 5 nitrogen and oxygen atoms in total. The number of hydrogen-bond acceptors (Lipinski definition) is 4. The Hall–Kier alpha value is -0.850. The van der Waals surface area contributed by atoms with Crippen LogP contribution in [0.4, 0.5) is 0 Å². The van der Waals surface area contributed by atoms with E-state index in [2.05, 4.69) is 45.9 Å². The molecule has 1 aromatic carbocycles. The highest BCUT2D eigenvalue weighted by atomic mass is 35.5. The van der Waals surface area contributed by atoms with Crippen molar-refractivity contribution in [2.75, 3.05) is 45.9 Å². The summed E-state index contributed by atoms with van der Waals surface area (Å²) in [5, 5.41) is 6.21. The van der Waals surface area contributed by atoms with Crippen molar-refractivity contribution in [3.05, 3.63) is 35.9 Å². The Morgan fingerprint density at radius 3 is 2.57 bits per heavy atom. The zero-order valence-electron chi connectivity index (χ0n) is 16.6. The van der Waals surface area contributed by atoms with E-state index >= 15 is 0 Å². The smallest absolute Gasteiger partial charge is 0.239 e. The Bertz CT molecular complexity index is 534. The van der Waals surface area contributed by atoms with Crippen molar-refractivity contribution in [2.24, 2.45) is 5.92 Å². The Kier molecular flexibility index (Phi) is 12.8. The molecule has 2 N–H and O–H groups in total. The molecule has 7 heteroatoms. The van der Waals surface area contributed by atoms with E-state index in [1.807, 2.05) is 0 Å². The van der Waals surface area contributed by atoms with Gasteiger partial charge in [0, 0.05) is 13.1 Å². The Labute approximate surface area is 181 Å². The Balaban J connectivity index is 0.00000196. The number of amides is 1. The van der Waals surface area contributed by atoms with Crippen LogP contribution < -0.4 is 10.6 Å². The zero-order chi connectivity index (χ0) is 18.0. The molecule has 2 heterocycles. The first-order valence-electron chi connectivity index (χ1n) is 10.2. The van der Waals surface area contributed by atoms with Crippen LogP contribution in [0, 0.1) is 5.92 Å². The van der Waals surface area contributed by atoms with Gasteiger partial charge in [0.05, 0.1) is 13.2 Å². The summed E-state index contributed by atoms with van der Waals surface area (Å²) >= 11 is 0. The molecule has 0 spiro atoms. The second-order valence-corrected chi connectivity index (χ2v) is 7.55. The fourth-order valence-corrected chi connectivity index (χ4v) is 3.89. The van der Waals surface area contributed by atoms with Crippen LogP contribution in [0.25, 0.3) is 0 Å². The SMILES string of the molecule is Cl.Cl.O=C(NCCCCN1CCC(Cc2ccccc2)CC1)C1COCCN1. The summed E-state index contributed by atoms with van der Waals surface area (Å²) in [5.41, 5.74) is 1.47. The second-order valence-electron chi connectivity index (χ2n) is 7.55. The largest absolute Gasteiger partial charge is 0.378 e. The number of morpholine rings is 1. The van der Waals surface area contributed by atoms with Crippen LogP contribution in [-0.2, 0) is 16.0 Å². The maximum atomic E-state index is 12.0. The minimum Gasteiger partial charge on any atom is -0.378 e. The summed E-state index contributed by atoms with van der Waals surface area (Å²) in [6.07, 6.45) is 6.03. The first-order chi connectivity index (χ1) is 12.8. The van der Waals surface area contributed by atoms with E-state index in [-0.39, 0.29) is 36.8 Å². The lowest BCUT2D eigenvalue weighted by atomic mass is 9.90. The fraction of sp³-hybridized carbons (Fsp3) is 0.667. The predicted molar refractivity (Wildman–Crippen MR) is 119 cm³/mol. The summed E-state index contributed by atoms with van der Waals surface area (Å²) in [4.78, 5) is 14.6. The third kappa shape index (κ3) is 8.66. The number of nitrogens with one attached hydrogen (secondary N) is 2. The molecule has 1 unspecified atom stereocenters. The summed E-state index contributed by atoms with van der Waals surface area (Å²) in [6, 6.07) is 10.7. The number of likely N-dealkylation sites (tertiary alicyclic amines) is 1. The van der Waals surface area contributed by atoms with Crippen molar-refractivity contribution >= 4 is 30.7 Å². The Morgan fingerprint density at radius 1 is 1.14 bits per heavy atom. The standard InChI is InChI=1S/C21H33N3O2.2ClH/c25-21(20-17-26-15-11-22-20)23-10-4-5-12-24-13-8-19(9-14-24)16-18-6-2-1-3-7-18;;/h1-3,6-7,19-20,22H,4-5,8-17H2,(H,23,25);2*1H. The number of unbranched alkanes of at least 4 members (excludes halogenated alkanes) is 1. The lowest BCUT2D eigenvalue weighted by Gasteiger charge is -2.32. The van der Waals surface area contributed by atoms with Crippen LogP contribution in [0.1, 0.15) is 31.2 Å². The van der Waals surface area contributed by atoms with Gasteiger partial charge < -0.3 is 20.3 Å². The summed E-state index contributed by atoms with van der Waals surface area (Å²) < 4.78 is 5.33. The number of carbonyl (C=O) groups excluding carboxylic acids is 1. The topological polar surface area (TPSA) is 53.6 Å². The number of piperidine rings is 1. The van der Waals surface area contributed by atoms with E-state index in [0.29, 0.717) is 13.2 Å². The third-order valence-electron chi connectivity index (χ3n) is 5.51. The van der Waals surface area contributed by atoms with E-state index in [1.165, 1.54) is 37.9 Å². The molecule has 2 fully saturated rings. The maximum absolute atomic E-state index is 12.0. The first kappa shape index (κ1) is 25.2. The zero-order valence-corrected chi connectivity index (χ0v) is 18.2. The van der Waals surface area contributed by atoms with Crippen molar-refractivity contribution < 1.29 is 9.53 Å². The van der Waals surface area contributed by atoms with Gasteiger partial charge in [0.15, 0.2) is 0 Å². The maximum Gasteiger partial charge on any atom is 0.239 e. The van der Waals surface area contributed by atoms with Gasteiger partial charge in [-0.05, 0) is 63.2 Å². The molecule has 0 bridgehead atoms. The molecule has 0 aliphatic carbocycles. The van der Waals surface area contributed by atoms with Crippen LogP contribution in [-0.4, -0.2) is 62.8 Å². The number of benzene rings is 1. The van der Waals surface area contributed by atoms with E-state index < -0.39 is 0 Å². The van der Waals surface area contributed by atoms with Gasteiger partial charge in [0.2, 0.25) is 5.91 Å². The highest BCUT2D eigenvalue weighted by molar-refractivity contribution is 5.85. The Morgan fingerprint density at radius 2 is 1.89 bits per heavy atom. The molecule has 1 atom stereocenters. The van der Waals surface area contributed by atoms with Crippen LogP contribution in [0.2, 0.25) is 0 Å². The lowest BCUT2D eigenvalue weighted by molar-refractivity contribution is -0.125. The molecule has 0 aromatic heterocycles. The normalized spacial score (nSPS) is 20.6. The minimum atomic E-state index is -0.174. The molecular formula is C21H35Cl2N3O2. The first-order valence-corrected chi connectivity index (χ1v) is 10.2. The molecule has 160 valence electrons. The molecule has 28 heavy (non-hydrogen) atoms. The van der Waals surface area contributed by atoms with Gasteiger partial charge in [-0.3, -0.25) is 4.79 Å². The van der Waals surface area contributed by atoms with Gasteiger partial charge in [-0.2, -0.15) is 0 Å². The average Bonchev–Trinajstić information content (AvgIpc) is 2.70. The van der Waals surface area contributed by atoms with Gasteiger partial charge in [-0.1, -0.05) is 30.3 Å². The minimum absolute atomic E-state index is 0. The van der Waals surface area contributed by atoms with Crippen LogP contribution in [0.3, 0.4) is 0 Å². The van der Waals surface area contributed by atoms with Gasteiger partial charge >= 0.3 is 0 Å². The van der Waals surface area contributed by atoms with Gasteiger partial charge in [-0.25, -0.2) is 0 Å². The van der Waals surface area contributed by atoms with Crippen LogP contribution in [0.5, 0.6) is 0 Å². The van der Waals surface area contributed by atoms with E-state index in [9.17, 15) is 4.79 Å². The van der Waals surface area contributed by atoms with Crippen molar-refractivity contribution in [1.82, 2.24) is 15.5 Å². The molecule has 1 aromatic rings. The molecule has 0 radical (unpaired) electrons. The molecule has 2 aliphatic rings.